The van der Waals surface area contributed by atoms with Gasteiger partial charge < -0.3 is 10.6 Å². The van der Waals surface area contributed by atoms with Crippen molar-refractivity contribution < 1.29 is 4.79 Å². The molecule has 1 aromatic rings. The third kappa shape index (κ3) is 3.37. The predicted octanol–water partition coefficient (Wildman–Crippen LogP) is 3.62. The Labute approximate surface area is 123 Å². The Morgan fingerprint density at radius 3 is 2.84 bits per heavy atom. The summed E-state index contributed by atoms with van der Waals surface area (Å²) in [7, 11) is 0. The van der Waals surface area contributed by atoms with Crippen molar-refractivity contribution in [2.24, 2.45) is 0 Å². The number of rotatable bonds is 4. The Hall–Kier alpha value is -0.870. The average Bonchev–Trinajstić information content (AvgIpc) is 2.78. The molecule has 1 atom stereocenters. The van der Waals surface area contributed by atoms with Crippen LogP contribution in [-0.4, -0.2) is 18.0 Å². The molecule has 0 radical (unpaired) electrons. The number of benzene rings is 1. The van der Waals surface area contributed by atoms with Gasteiger partial charge in [-0.1, -0.05) is 29.3 Å². The Morgan fingerprint density at radius 1 is 1.47 bits per heavy atom. The Kier molecular flexibility index (Phi) is 4.63. The number of hydrogen-bond acceptors (Lipinski definition) is 2. The van der Waals surface area contributed by atoms with E-state index in [4.69, 9.17) is 0 Å². The monoisotopic (exact) mass is 324 g/mol. The van der Waals surface area contributed by atoms with Crippen molar-refractivity contribution in [2.75, 3.05) is 11.9 Å². The summed E-state index contributed by atoms with van der Waals surface area (Å²) in [5.41, 5.74) is 1.62. The molecule has 0 bridgehead atoms. The first-order valence-electron chi connectivity index (χ1n) is 6.89. The van der Waals surface area contributed by atoms with E-state index in [0.29, 0.717) is 0 Å². The maximum atomic E-state index is 12.6. The van der Waals surface area contributed by atoms with Gasteiger partial charge in [-0.3, -0.25) is 4.79 Å². The van der Waals surface area contributed by atoms with E-state index in [0.717, 1.165) is 48.0 Å². The Bertz CT molecular complexity index is 447. The molecule has 104 valence electrons. The third-order valence-electron chi connectivity index (χ3n) is 3.66. The van der Waals surface area contributed by atoms with Crippen LogP contribution in [0.3, 0.4) is 0 Å². The number of carbonyl (C=O) groups excluding carboxylic acids is 1. The molecule has 1 heterocycles. The molecule has 0 aromatic heterocycles. The summed E-state index contributed by atoms with van der Waals surface area (Å²) in [6.45, 7) is 5.08. The summed E-state index contributed by atoms with van der Waals surface area (Å²) in [6, 6.07) is 5.97. The number of carbonyl (C=O) groups is 1. The van der Waals surface area contributed by atoms with Crippen LogP contribution in [0, 0.1) is 6.92 Å². The van der Waals surface area contributed by atoms with Gasteiger partial charge in [0, 0.05) is 10.2 Å². The van der Waals surface area contributed by atoms with Crippen molar-refractivity contribution in [3.63, 3.8) is 0 Å². The van der Waals surface area contributed by atoms with Crippen LogP contribution in [0.1, 0.15) is 38.2 Å². The van der Waals surface area contributed by atoms with Crippen LogP contribution in [0.15, 0.2) is 22.7 Å². The molecule has 1 fully saturated rings. The summed E-state index contributed by atoms with van der Waals surface area (Å²) in [6.07, 6.45) is 3.91. The zero-order chi connectivity index (χ0) is 13.9. The highest BCUT2D eigenvalue weighted by Gasteiger charge is 2.39. The minimum absolute atomic E-state index is 0.101. The normalized spacial score (nSPS) is 22.5. The van der Waals surface area contributed by atoms with Crippen molar-refractivity contribution in [1.29, 1.82) is 0 Å². The van der Waals surface area contributed by atoms with Crippen LogP contribution in [0.5, 0.6) is 0 Å². The molecule has 1 saturated heterocycles. The van der Waals surface area contributed by atoms with Crippen LogP contribution >= 0.6 is 15.9 Å². The lowest BCUT2D eigenvalue weighted by molar-refractivity contribution is -0.122. The fourth-order valence-electron chi connectivity index (χ4n) is 2.81. The zero-order valence-electron chi connectivity index (χ0n) is 11.6. The summed E-state index contributed by atoms with van der Waals surface area (Å²) in [4.78, 5) is 12.6. The molecule has 1 amide bonds. The SMILES string of the molecule is CCCC1(C(=O)Nc2cc(C)cc(Br)c2)CCCN1. The molecular formula is C15H21BrN2O. The van der Waals surface area contributed by atoms with E-state index in [2.05, 4.69) is 33.5 Å². The molecule has 0 saturated carbocycles. The van der Waals surface area contributed by atoms with Gasteiger partial charge in [-0.15, -0.1) is 0 Å². The lowest BCUT2D eigenvalue weighted by Crippen LogP contribution is -2.50. The van der Waals surface area contributed by atoms with E-state index in [-0.39, 0.29) is 11.4 Å². The number of amides is 1. The molecular weight excluding hydrogens is 304 g/mol. The highest BCUT2D eigenvalue weighted by atomic mass is 79.9. The molecule has 1 unspecified atom stereocenters. The van der Waals surface area contributed by atoms with Crippen molar-refractivity contribution >= 4 is 27.5 Å². The molecule has 0 spiro atoms. The minimum Gasteiger partial charge on any atom is -0.324 e. The Balaban J connectivity index is 2.14. The molecule has 19 heavy (non-hydrogen) atoms. The smallest absolute Gasteiger partial charge is 0.244 e. The van der Waals surface area contributed by atoms with Crippen molar-refractivity contribution in [2.45, 2.75) is 45.1 Å². The highest BCUT2D eigenvalue weighted by Crippen LogP contribution is 2.27. The first-order chi connectivity index (χ1) is 9.05. The van der Waals surface area contributed by atoms with E-state index < -0.39 is 0 Å². The second kappa shape index (κ2) is 6.06. The molecule has 1 aliphatic heterocycles. The number of anilines is 1. The number of halogens is 1. The molecule has 0 aliphatic carbocycles. The fraction of sp³-hybridized carbons (Fsp3) is 0.533. The largest absolute Gasteiger partial charge is 0.324 e. The standard InChI is InChI=1S/C15H21BrN2O/c1-3-5-15(6-4-7-17-15)14(19)18-13-9-11(2)8-12(16)10-13/h8-10,17H,3-7H2,1-2H3,(H,18,19). The molecule has 3 nitrogen and oxygen atoms in total. The van der Waals surface area contributed by atoms with E-state index >= 15 is 0 Å². The summed E-state index contributed by atoms with van der Waals surface area (Å²) in [5.74, 6) is 0.101. The summed E-state index contributed by atoms with van der Waals surface area (Å²) >= 11 is 3.46. The average molecular weight is 325 g/mol. The number of nitrogens with one attached hydrogen (secondary N) is 2. The van der Waals surface area contributed by atoms with Gasteiger partial charge in [0.1, 0.15) is 0 Å². The third-order valence-corrected chi connectivity index (χ3v) is 4.11. The quantitative estimate of drug-likeness (QED) is 0.888. The second-order valence-electron chi connectivity index (χ2n) is 5.33. The minimum atomic E-state index is -0.370. The maximum Gasteiger partial charge on any atom is 0.244 e. The van der Waals surface area contributed by atoms with Crippen molar-refractivity contribution in [1.82, 2.24) is 5.32 Å². The van der Waals surface area contributed by atoms with Crippen molar-refractivity contribution in [3.8, 4) is 0 Å². The Morgan fingerprint density at radius 2 is 2.26 bits per heavy atom. The van der Waals surface area contributed by atoms with Gasteiger partial charge in [0.25, 0.3) is 0 Å². The zero-order valence-corrected chi connectivity index (χ0v) is 13.1. The molecule has 4 heteroatoms. The van der Waals surface area contributed by atoms with Crippen LogP contribution < -0.4 is 10.6 Å². The van der Waals surface area contributed by atoms with Gasteiger partial charge in [0.15, 0.2) is 0 Å². The van der Waals surface area contributed by atoms with E-state index in [1.54, 1.807) is 0 Å². The fourth-order valence-corrected chi connectivity index (χ4v) is 3.42. The first-order valence-corrected chi connectivity index (χ1v) is 7.69. The second-order valence-corrected chi connectivity index (χ2v) is 6.25. The van der Waals surface area contributed by atoms with Gasteiger partial charge in [-0.25, -0.2) is 0 Å². The number of hydrogen-bond donors (Lipinski definition) is 2. The highest BCUT2D eigenvalue weighted by molar-refractivity contribution is 9.10. The van der Waals surface area contributed by atoms with Gasteiger partial charge in [0.2, 0.25) is 5.91 Å². The van der Waals surface area contributed by atoms with Gasteiger partial charge >= 0.3 is 0 Å². The molecule has 1 aliphatic rings. The van der Waals surface area contributed by atoms with Crippen LogP contribution in [0.4, 0.5) is 5.69 Å². The van der Waals surface area contributed by atoms with Gasteiger partial charge in [0.05, 0.1) is 5.54 Å². The molecule has 1 aromatic carbocycles. The van der Waals surface area contributed by atoms with Crippen LogP contribution in [0.2, 0.25) is 0 Å². The maximum absolute atomic E-state index is 12.6. The van der Waals surface area contributed by atoms with E-state index in [1.807, 2.05) is 25.1 Å². The predicted molar refractivity (Wildman–Crippen MR) is 82.4 cm³/mol. The van der Waals surface area contributed by atoms with Crippen molar-refractivity contribution in [3.05, 3.63) is 28.2 Å². The summed E-state index contributed by atoms with van der Waals surface area (Å²) < 4.78 is 0.992. The topological polar surface area (TPSA) is 41.1 Å². The number of aryl methyl sites for hydroxylation is 1. The summed E-state index contributed by atoms with van der Waals surface area (Å²) in [5, 5.41) is 6.46. The van der Waals surface area contributed by atoms with Crippen LogP contribution in [0.25, 0.3) is 0 Å². The van der Waals surface area contributed by atoms with Crippen LogP contribution in [-0.2, 0) is 4.79 Å². The lowest BCUT2D eigenvalue weighted by atomic mass is 9.90. The lowest BCUT2D eigenvalue weighted by Gasteiger charge is -2.28. The van der Waals surface area contributed by atoms with Gasteiger partial charge in [-0.2, -0.15) is 0 Å². The first kappa shape index (κ1) is 14.5. The molecule has 2 rings (SSSR count). The van der Waals surface area contributed by atoms with E-state index in [1.165, 1.54) is 0 Å². The molecule has 2 N–H and O–H groups in total. The van der Waals surface area contributed by atoms with Gasteiger partial charge in [-0.05, 0) is 56.5 Å². The van der Waals surface area contributed by atoms with E-state index in [9.17, 15) is 4.79 Å².